The molecule has 0 heterocycles. The Kier molecular flexibility index (Phi) is 5.66. The molecule has 19 heavy (non-hydrogen) atoms. The van der Waals surface area contributed by atoms with Gasteiger partial charge in [-0.1, -0.05) is 0 Å². The van der Waals surface area contributed by atoms with Crippen molar-refractivity contribution in [3.8, 4) is 5.75 Å². The van der Waals surface area contributed by atoms with Gasteiger partial charge in [0.05, 0.1) is 6.61 Å². The molecule has 0 saturated carbocycles. The third kappa shape index (κ3) is 5.29. The van der Waals surface area contributed by atoms with Crippen molar-refractivity contribution < 1.29 is 19.1 Å². The van der Waals surface area contributed by atoms with Crippen LogP contribution >= 0.6 is 0 Å². The Morgan fingerprint density at radius 2 is 1.95 bits per heavy atom. The minimum atomic E-state index is -0.692. The van der Waals surface area contributed by atoms with Gasteiger partial charge in [-0.05, 0) is 38.1 Å². The Morgan fingerprint density at radius 3 is 2.53 bits per heavy atom. The zero-order valence-electron chi connectivity index (χ0n) is 11.0. The molecule has 1 atom stereocenters. The van der Waals surface area contributed by atoms with Gasteiger partial charge in [0.25, 0.3) is 5.91 Å². The highest BCUT2D eigenvalue weighted by Crippen LogP contribution is 2.12. The number of benzene rings is 1. The smallest absolute Gasteiger partial charge is 0.328 e. The molecule has 0 bridgehead atoms. The van der Waals surface area contributed by atoms with E-state index in [1.165, 1.54) is 0 Å². The minimum Gasteiger partial charge on any atom is -0.484 e. The predicted octanol–water partition coefficient (Wildman–Crippen LogP) is 0.715. The molecule has 1 amide bonds. The Bertz CT molecular complexity index is 431. The third-order valence-corrected chi connectivity index (χ3v) is 2.27. The summed E-state index contributed by atoms with van der Waals surface area (Å²) in [6.45, 7) is 3.37. The number of rotatable bonds is 6. The zero-order valence-corrected chi connectivity index (χ0v) is 11.0. The van der Waals surface area contributed by atoms with Crippen LogP contribution in [0.15, 0.2) is 24.3 Å². The summed E-state index contributed by atoms with van der Waals surface area (Å²) in [4.78, 5) is 22.8. The molecule has 104 valence electrons. The molecule has 0 aliphatic heterocycles. The Morgan fingerprint density at radius 1 is 1.32 bits per heavy atom. The number of carbonyl (C=O) groups is 2. The van der Waals surface area contributed by atoms with Crippen molar-refractivity contribution >= 4 is 17.6 Å². The van der Waals surface area contributed by atoms with E-state index in [1.54, 1.807) is 38.1 Å². The first-order chi connectivity index (χ1) is 9.02. The number of nitrogens with one attached hydrogen (secondary N) is 1. The van der Waals surface area contributed by atoms with Crippen LogP contribution in [0.2, 0.25) is 0 Å². The first-order valence-electron chi connectivity index (χ1n) is 5.97. The molecule has 0 aromatic heterocycles. The van der Waals surface area contributed by atoms with E-state index in [2.05, 4.69) is 5.32 Å². The average molecular weight is 266 g/mol. The topological polar surface area (TPSA) is 90.6 Å². The summed E-state index contributed by atoms with van der Waals surface area (Å²) in [6, 6.07) is 5.99. The number of amides is 1. The quantitative estimate of drug-likeness (QED) is 0.584. The minimum absolute atomic E-state index is 0.173. The second kappa shape index (κ2) is 7.25. The molecule has 1 aromatic carbocycles. The molecular weight excluding hydrogens is 248 g/mol. The monoisotopic (exact) mass is 266 g/mol. The number of hydrogen-bond donors (Lipinski definition) is 2. The Labute approximate surface area is 111 Å². The van der Waals surface area contributed by atoms with Crippen molar-refractivity contribution in [3.05, 3.63) is 24.3 Å². The van der Waals surface area contributed by atoms with Crippen LogP contribution in [-0.4, -0.2) is 31.1 Å². The highest BCUT2D eigenvalue weighted by molar-refractivity contribution is 5.84. The average Bonchev–Trinajstić information content (AvgIpc) is 2.38. The summed E-state index contributed by atoms with van der Waals surface area (Å²) in [5, 5.41) is 2.48. The Balaban J connectivity index is 2.35. The van der Waals surface area contributed by atoms with Gasteiger partial charge < -0.3 is 20.5 Å². The van der Waals surface area contributed by atoms with E-state index in [9.17, 15) is 9.59 Å². The number of hydrogen-bond acceptors (Lipinski definition) is 5. The van der Waals surface area contributed by atoms with E-state index in [0.29, 0.717) is 11.4 Å². The number of nitrogen functional groups attached to an aromatic ring is 1. The number of ether oxygens (including phenoxy) is 2. The summed E-state index contributed by atoms with van der Waals surface area (Å²) < 4.78 is 10.0. The van der Waals surface area contributed by atoms with Crippen molar-refractivity contribution in [2.75, 3.05) is 18.9 Å². The maximum atomic E-state index is 11.5. The van der Waals surface area contributed by atoms with Gasteiger partial charge in [0, 0.05) is 5.69 Å². The predicted molar refractivity (Wildman–Crippen MR) is 70.6 cm³/mol. The fourth-order valence-electron chi connectivity index (χ4n) is 1.32. The van der Waals surface area contributed by atoms with Crippen LogP contribution < -0.4 is 15.8 Å². The molecule has 6 nitrogen and oxygen atoms in total. The van der Waals surface area contributed by atoms with Gasteiger partial charge in [0.1, 0.15) is 11.8 Å². The van der Waals surface area contributed by atoms with Gasteiger partial charge in [-0.25, -0.2) is 4.79 Å². The van der Waals surface area contributed by atoms with E-state index >= 15 is 0 Å². The maximum Gasteiger partial charge on any atom is 0.328 e. The van der Waals surface area contributed by atoms with Crippen LogP contribution in [0.25, 0.3) is 0 Å². The lowest BCUT2D eigenvalue weighted by atomic mass is 10.3. The van der Waals surface area contributed by atoms with Gasteiger partial charge in [-0.3, -0.25) is 4.79 Å². The lowest BCUT2D eigenvalue weighted by Gasteiger charge is -2.13. The lowest BCUT2D eigenvalue weighted by molar-refractivity contribution is -0.147. The van der Waals surface area contributed by atoms with E-state index in [4.69, 9.17) is 15.2 Å². The van der Waals surface area contributed by atoms with Crippen LogP contribution in [0.1, 0.15) is 13.8 Å². The van der Waals surface area contributed by atoms with Gasteiger partial charge in [0.15, 0.2) is 6.61 Å². The molecule has 1 unspecified atom stereocenters. The summed E-state index contributed by atoms with van der Waals surface area (Å²) in [5.41, 5.74) is 6.14. The molecule has 1 aromatic rings. The summed E-state index contributed by atoms with van der Waals surface area (Å²) in [7, 11) is 0. The molecule has 0 aliphatic rings. The molecule has 3 N–H and O–H groups in total. The second-order valence-corrected chi connectivity index (χ2v) is 3.90. The van der Waals surface area contributed by atoms with E-state index in [1.807, 2.05) is 0 Å². The van der Waals surface area contributed by atoms with Gasteiger partial charge in [0.2, 0.25) is 0 Å². The number of carbonyl (C=O) groups excluding carboxylic acids is 2. The standard InChI is InChI=1S/C13H18N2O4/c1-3-18-13(17)9(2)15-12(16)8-19-11-6-4-10(14)5-7-11/h4-7,9H,3,8,14H2,1-2H3,(H,15,16). The Hall–Kier alpha value is -2.24. The number of anilines is 1. The first-order valence-corrected chi connectivity index (χ1v) is 5.97. The van der Waals surface area contributed by atoms with Crippen molar-refractivity contribution in [1.82, 2.24) is 5.32 Å². The normalized spacial score (nSPS) is 11.5. The summed E-state index contributed by atoms with van der Waals surface area (Å²) in [6.07, 6.45) is 0. The number of esters is 1. The first kappa shape index (κ1) is 14.8. The molecule has 0 radical (unpaired) electrons. The summed E-state index contributed by atoms with van der Waals surface area (Å²) in [5.74, 6) is -0.325. The van der Waals surface area contributed by atoms with Gasteiger partial charge >= 0.3 is 5.97 Å². The van der Waals surface area contributed by atoms with Crippen molar-refractivity contribution in [1.29, 1.82) is 0 Å². The lowest BCUT2D eigenvalue weighted by Crippen LogP contribution is -2.41. The van der Waals surface area contributed by atoms with Crippen LogP contribution in [0, 0.1) is 0 Å². The van der Waals surface area contributed by atoms with E-state index in [0.717, 1.165) is 0 Å². The maximum absolute atomic E-state index is 11.5. The largest absolute Gasteiger partial charge is 0.484 e. The fourth-order valence-corrected chi connectivity index (χ4v) is 1.32. The van der Waals surface area contributed by atoms with Crippen molar-refractivity contribution in [2.45, 2.75) is 19.9 Å². The molecule has 6 heteroatoms. The highest BCUT2D eigenvalue weighted by atomic mass is 16.5. The molecule has 0 spiro atoms. The van der Waals surface area contributed by atoms with Crippen LogP contribution in [0.3, 0.4) is 0 Å². The van der Waals surface area contributed by atoms with Crippen molar-refractivity contribution in [3.63, 3.8) is 0 Å². The molecule has 0 aliphatic carbocycles. The SMILES string of the molecule is CCOC(=O)C(C)NC(=O)COc1ccc(N)cc1. The molecule has 0 saturated heterocycles. The fraction of sp³-hybridized carbons (Fsp3) is 0.385. The molecular formula is C13H18N2O4. The third-order valence-electron chi connectivity index (χ3n) is 2.27. The zero-order chi connectivity index (χ0) is 14.3. The van der Waals surface area contributed by atoms with Gasteiger partial charge in [-0.2, -0.15) is 0 Å². The molecule has 1 rings (SSSR count). The summed E-state index contributed by atoms with van der Waals surface area (Å²) >= 11 is 0. The van der Waals surface area contributed by atoms with E-state index < -0.39 is 17.9 Å². The van der Waals surface area contributed by atoms with Crippen LogP contribution in [-0.2, 0) is 14.3 Å². The molecule has 0 fully saturated rings. The van der Waals surface area contributed by atoms with Crippen LogP contribution in [0.5, 0.6) is 5.75 Å². The highest BCUT2D eigenvalue weighted by Gasteiger charge is 2.16. The number of nitrogens with two attached hydrogens (primary N) is 1. The second-order valence-electron chi connectivity index (χ2n) is 3.90. The van der Waals surface area contributed by atoms with Crippen LogP contribution in [0.4, 0.5) is 5.69 Å². The van der Waals surface area contributed by atoms with E-state index in [-0.39, 0.29) is 13.2 Å². The van der Waals surface area contributed by atoms with Crippen molar-refractivity contribution in [2.24, 2.45) is 0 Å². The van der Waals surface area contributed by atoms with Gasteiger partial charge in [-0.15, -0.1) is 0 Å².